The lowest BCUT2D eigenvalue weighted by Gasteiger charge is -2.14. The number of benzene rings is 2. The predicted octanol–water partition coefficient (Wildman–Crippen LogP) is 3.63. The minimum atomic E-state index is -0.688. The van der Waals surface area contributed by atoms with Crippen LogP contribution in [0.2, 0.25) is 0 Å². The van der Waals surface area contributed by atoms with Crippen LogP contribution in [0.15, 0.2) is 54.7 Å². The first-order valence-corrected chi connectivity index (χ1v) is 8.26. The number of hydrogen-bond acceptors (Lipinski definition) is 7. The van der Waals surface area contributed by atoms with E-state index in [0.29, 0.717) is 34.1 Å². The first kappa shape index (κ1) is 18.4. The second kappa shape index (κ2) is 8.31. The summed E-state index contributed by atoms with van der Waals surface area (Å²) in [4.78, 5) is 8.63. The van der Waals surface area contributed by atoms with Crippen LogP contribution in [0.4, 0.5) is 11.6 Å². The molecule has 0 bridgehead atoms. The number of rotatable bonds is 5. The molecule has 134 valence electrons. The predicted molar refractivity (Wildman–Crippen MR) is 102 cm³/mol. The summed E-state index contributed by atoms with van der Waals surface area (Å²) in [6.07, 6.45) is 1.56. The summed E-state index contributed by atoms with van der Waals surface area (Å²) in [5, 5.41) is 30.7. The van der Waals surface area contributed by atoms with Crippen molar-refractivity contribution in [3.05, 3.63) is 77.1 Å². The normalized spacial score (nSPS) is 10.8. The van der Waals surface area contributed by atoms with E-state index in [1.54, 1.807) is 54.7 Å². The van der Waals surface area contributed by atoms with Crippen molar-refractivity contribution in [1.82, 2.24) is 9.97 Å². The molecule has 0 spiro atoms. The second-order valence-corrected chi connectivity index (χ2v) is 5.75. The summed E-state index contributed by atoms with van der Waals surface area (Å²) < 4.78 is 5.35. The van der Waals surface area contributed by atoms with E-state index in [-0.39, 0.29) is 0 Å². The molecule has 7 nitrogen and oxygen atoms in total. The Hall–Kier alpha value is -4.41. The molecule has 3 rings (SSSR count). The molecule has 0 aliphatic heterocycles. The van der Waals surface area contributed by atoms with E-state index in [2.05, 4.69) is 33.5 Å². The minimum Gasteiger partial charge on any atom is -0.496 e. The summed E-state index contributed by atoms with van der Waals surface area (Å²) in [6.45, 7) is 0. The molecule has 28 heavy (non-hydrogen) atoms. The first-order valence-electron chi connectivity index (χ1n) is 8.26. The fourth-order valence-electron chi connectivity index (χ4n) is 2.67. The van der Waals surface area contributed by atoms with Crippen molar-refractivity contribution in [1.29, 1.82) is 15.8 Å². The Labute approximate surface area is 162 Å². The van der Waals surface area contributed by atoms with Gasteiger partial charge in [0.1, 0.15) is 11.7 Å². The molecule has 0 saturated carbocycles. The highest BCUT2D eigenvalue weighted by Gasteiger charge is 2.20. The van der Waals surface area contributed by atoms with Crippen molar-refractivity contribution in [2.24, 2.45) is 0 Å². The molecule has 2 aromatic carbocycles. The van der Waals surface area contributed by atoms with Crippen LogP contribution in [-0.2, 0) is 0 Å². The van der Waals surface area contributed by atoms with Crippen LogP contribution in [0.5, 0.6) is 5.75 Å². The standard InChI is InChI=1S/C21H14N6O/c1-28-20-10-15(12-23)4-7-17(20)18(13-24)19-8-9-25-21(27-19)26-16-5-2-14(11-22)3-6-16/h2-10,18H,1H3,(H,25,26,27). The van der Waals surface area contributed by atoms with Gasteiger partial charge < -0.3 is 10.1 Å². The lowest BCUT2D eigenvalue weighted by atomic mass is 9.95. The van der Waals surface area contributed by atoms with Gasteiger partial charge in [0.05, 0.1) is 42.1 Å². The smallest absolute Gasteiger partial charge is 0.227 e. The van der Waals surface area contributed by atoms with Gasteiger partial charge in [0, 0.05) is 17.4 Å². The number of methoxy groups -OCH3 is 1. The Morgan fingerprint density at radius 1 is 0.964 bits per heavy atom. The maximum Gasteiger partial charge on any atom is 0.227 e. The van der Waals surface area contributed by atoms with Gasteiger partial charge in [-0.15, -0.1) is 0 Å². The minimum absolute atomic E-state index is 0.329. The Morgan fingerprint density at radius 3 is 2.32 bits per heavy atom. The van der Waals surface area contributed by atoms with Crippen molar-refractivity contribution >= 4 is 11.6 Å². The van der Waals surface area contributed by atoms with E-state index < -0.39 is 5.92 Å². The fraction of sp³-hybridized carbons (Fsp3) is 0.0952. The molecule has 7 heteroatoms. The number of anilines is 2. The summed E-state index contributed by atoms with van der Waals surface area (Å²) in [5.41, 5.74) is 2.84. The van der Waals surface area contributed by atoms with Gasteiger partial charge in [0.2, 0.25) is 5.95 Å². The molecule has 0 amide bonds. The third-order valence-electron chi connectivity index (χ3n) is 4.05. The van der Waals surface area contributed by atoms with Crippen molar-refractivity contribution in [2.75, 3.05) is 12.4 Å². The van der Waals surface area contributed by atoms with Gasteiger partial charge in [-0.3, -0.25) is 0 Å². The second-order valence-electron chi connectivity index (χ2n) is 5.75. The van der Waals surface area contributed by atoms with Crippen LogP contribution in [0.1, 0.15) is 28.3 Å². The summed E-state index contributed by atoms with van der Waals surface area (Å²) in [6, 6.07) is 19.8. The topological polar surface area (TPSA) is 118 Å². The Balaban J connectivity index is 1.92. The maximum atomic E-state index is 9.74. The summed E-state index contributed by atoms with van der Waals surface area (Å²) in [7, 11) is 1.49. The zero-order chi connectivity index (χ0) is 19.9. The van der Waals surface area contributed by atoms with Crippen molar-refractivity contribution in [2.45, 2.75) is 5.92 Å². The average Bonchev–Trinajstić information content (AvgIpc) is 2.75. The molecule has 1 N–H and O–H groups in total. The van der Waals surface area contributed by atoms with Crippen molar-refractivity contribution < 1.29 is 4.74 Å². The Bertz CT molecular complexity index is 1120. The van der Waals surface area contributed by atoms with Crippen LogP contribution >= 0.6 is 0 Å². The van der Waals surface area contributed by atoms with Crippen molar-refractivity contribution in [3.63, 3.8) is 0 Å². The fourth-order valence-corrected chi connectivity index (χ4v) is 2.67. The number of hydrogen-bond donors (Lipinski definition) is 1. The Morgan fingerprint density at radius 2 is 1.68 bits per heavy atom. The van der Waals surface area contributed by atoms with E-state index in [9.17, 15) is 5.26 Å². The number of aromatic nitrogens is 2. The van der Waals surface area contributed by atoms with Crippen LogP contribution in [0.25, 0.3) is 0 Å². The molecule has 0 aliphatic rings. The van der Waals surface area contributed by atoms with E-state index in [1.165, 1.54) is 7.11 Å². The van der Waals surface area contributed by atoms with E-state index in [0.717, 1.165) is 5.69 Å². The molecule has 1 aromatic heterocycles. The molecule has 0 saturated heterocycles. The molecule has 1 unspecified atom stereocenters. The van der Waals surface area contributed by atoms with Gasteiger partial charge >= 0.3 is 0 Å². The van der Waals surface area contributed by atoms with Gasteiger partial charge in [-0.25, -0.2) is 9.97 Å². The third-order valence-corrected chi connectivity index (χ3v) is 4.05. The monoisotopic (exact) mass is 366 g/mol. The van der Waals surface area contributed by atoms with Gasteiger partial charge in [-0.2, -0.15) is 15.8 Å². The van der Waals surface area contributed by atoms with E-state index in [4.69, 9.17) is 15.3 Å². The van der Waals surface area contributed by atoms with Gasteiger partial charge in [-0.1, -0.05) is 6.07 Å². The average molecular weight is 366 g/mol. The highest BCUT2D eigenvalue weighted by molar-refractivity contribution is 5.55. The van der Waals surface area contributed by atoms with E-state index in [1.807, 2.05) is 0 Å². The molecule has 0 fully saturated rings. The van der Waals surface area contributed by atoms with Crippen LogP contribution in [-0.4, -0.2) is 17.1 Å². The van der Waals surface area contributed by atoms with E-state index >= 15 is 0 Å². The number of nitrogens with zero attached hydrogens (tertiary/aromatic N) is 5. The SMILES string of the molecule is COc1cc(C#N)ccc1C(C#N)c1ccnc(Nc2ccc(C#N)cc2)n1. The largest absolute Gasteiger partial charge is 0.496 e. The Kier molecular flexibility index (Phi) is 5.46. The summed E-state index contributed by atoms with van der Waals surface area (Å²) >= 11 is 0. The third kappa shape index (κ3) is 3.88. The van der Waals surface area contributed by atoms with Crippen LogP contribution in [0, 0.1) is 34.0 Å². The lowest BCUT2D eigenvalue weighted by Crippen LogP contribution is -2.06. The van der Waals surface area contributed by atoms with Gasteiger partial charge in [-0.05, 0) is 42.5 Å². The number of nitriles is 3. The summed E-state index contributed by atoms with van der Waals surface area (Å²) in [5.74, 6) is 0.0908. The molecule has 1 atom stereocenters. The molecule has 0 aliphatic carbocycles. The quantitative estimate of drug-likeness (QED) is 0.732. The van der Waals surface area contributed by atoms with Crippen LogP contribution in [0.3, 0.4) is 0 Å². The molecule has 1 heterocycles. The van der Waals surface area contributed by atoms with Crippen LogP contribution < -0.4 is 10.1 Å². The molecular weight excluding hydrogens is 352 g/mol. The van der Waals surface area contributed by atoms with Crippen molar-refractivity contribution in [3.8, 4) is 24.0 Å². The molecule has 0 radical (unpaired) electrons. The lowest BCUT2D eigenvalue weighted by molar-refractivity contribution is 0.409. The van der Waals surface area contributed by atoms with Gasteiger partial charge in [0.25, 0.3) is 0 Å². The zero-order valence-corrected chi connectivity index (χ0v) is 14.9. The first-order chi connectivity index (χ1) is 13.7. The highest BCUT2D eigenvalue weighted by atomic mass is 16.5. The highest BCUT2D eigenvalue weighted by Crippen LogP contribution is 2.31. The van der Waals surface area contributed by atoms with Gasteiger partial charge in [0.15, 0.2) is 0 Å². The number of ether oxygens (including phenoxy) is 1. The zero-order valence-electron chi connectivity index (χ0n) is 14.9. The molecule has 3 aromatic rings. The molecular formula is C21H14N6O. The maximum absolute atomic E-state index is 9.74. The number of nitrogens with one attached hydrogen (secondary N) is 1.